The van der Waals surface area contributed by atoms with E-state index < -0.39 is 4.92 Å². The average molecular weight is 311 g/mol. The summed E-state index contributed by atoms with van der Waals surface area (Å²) >= 11 is 3.30. The summed E-state index contributed by atoms with van der Waals surface area (Å²) in [6.45, 7) is 1.22. The second-order valence-corrected chi connectivity index (χ2v) is 4.53. The van der Waals surface area contributed by atoms with E-state index in [1.807, 2.05) is 12.3 Å². The lowest BCUT2D eigenvalue weighted by molar-refractivity contribution is -0.384. The maximum absolute atomic E-state index is 10.9. The molecule has 0 fully saturated rings. The molecule has 6 nitrogen and oxygen atoms in total. The largest absolute Gasteiger partial charge is 0.378 e. The molecule has 1 heterocycles. The molecule has 94 valence electrons. The Hall–Kier alpha value is -1.89. The smallest absolute Gasteiger partial charge is 0.292 e. The number of benzene rings is 1. The van der Waals surface area contributed by atoms with Gasteiger partial charge in [0.15, 0.2) is 0 Å². The normalized spacial score (nSPS) is 10.3. The Balaban J connectivity index is 2.03. The van der Waals surface area contributed by atoms with Crippen LogP contribution in [0.3, 0.4) is 0 Å². The molecule has 1 aromatic carbocycles. The van der Waals surface area contributed by atoms with E-state index in [0.29, 0.717) is 18.8 Å². The standard InChI is InChI=1S/C11H11BrN4O2/c12-9-2-3-11(16(17)18)10(8-9)13-5-7-15-6-1-4-14-15/h1-4,6,8,13H,5,7H2. The fraction of sp³-hybridized carbons (Fsp3) is 0.182. The molecule has 0 saturated heterocycles. The summed E-state index contributed by atoms with van der Waals surface area (Å²) in [5.74, 6) is 0. The van der Waals surface area contributed by atoms with Gasteiger partial charge in [0.25, 0.3) is 5.69 Å². The number of nitrogens with one attached hydrogen (secondary N) is 1. The van der Waals surface area contributed by atoms with Gasteiger partial charge in [-0.25, -0.2) is 0 Å². The van der Waals surface area contributed by atoms with E-state index in [1.165, 1.54) is 6.07 Å². The number of nitrogens with zero attached hydrogens (tertiary/aromatic N) is 3. The quantitative estimate of drug-likeness (QED) is 0.680. The van der Waals surface area contributed by atoms with Crippen LogP contribution in [0.4, 0.5) is 11.4 Å². The van der Waals surface area contributed by atoms with Crippen molar-refractivity contribution in [2.75, 3.05) is 11.9 Å². The van der Waals surface area contributed by atoms with E-state index in [9.17, 15) is 10.1 Å². The van der Waals surface area contributed by atoms with Crippen LogP contribution in [0.1, 0.15) is 0 Å². The highest BCUT2D eigenvalue weighted by Crippen LogP contribution is 2.27. The first kappa shape index (κ1) is 12.6. The van der Waals surface area contributed by atoms with Crippen LogP contribution in [-0.2, 0) is 6.54 Å². The zero-order valence-electron chi connectivity index (χ0n) is 9.41. The van der Waals surface area contributed by atoms with Crippen molar-refractivity contribution in [3.8, 4) is 0 Å². The van der Waals surface area contributed by atoms with E-state index in [0.717, 1.165) is 4.47 Å². The minimum absolute atomic E-state index is 0.0682. The molecule has 2 aromatic rings. The van der Waals surface area contributed by atoms with E-state index in [4.69, 9.17) is 0 Å². The van der Waals surface area contributed by atoms with Crippen LogP contribution in [0, 0.1) is 10.1 Å². The van der Waals surface area contributed by atoms with Crippen molar-refractivity contribution in [2.24, 2.45) is 0 Å². The van der Waals surface area contributed by atoms with Crippen molar-refractivity contribution >= 4 is 27.3 Å². The molecule has 0 unspecified atom stereocenters. The number of hydrogen-bond acceptors (Lipinski definition) is 4. The number of rotatable bonds is 5. The number of hydrogen-bond donors (Lipinski definition) is 1. The minimum atomic E-state index is -0.400. The second-order valence-electron chi connectivity index (χ2n) is 3.61. The summed E-state index contributed by atoms with van der Waals surface area (Å²) in [7, 11) is 0. The van der Waals surface area contributed by atoms with Crippen molar-refractivity contribution in [1.29, 1.82) is 0 Å². The van der Waals surface area contributed by atoms with Gasteiger partial charge in [0.1, 0.15) is 5.69 Å². The van der Waals surface area contributed by atoms with Crippen molar-refractivity contribution in [3.05, 3.63) is 51.2 Å². The first-order valence-electron chi connectivity index (χ1n) is 5.32. The SMILES string of the molecule is O=[N+]([O-])c1ccc(Br)cc1NCCn1cccn1. The zero-order valence-corrected chi connectivity index (χ0v) is 11.0. The van der Waals surface area contributed by atoms with Crippen molar-refractivity contribution < 1.29 is 4.92 Å². The molecular formula is C11H11BrN4O2. The molecule has 1 N–H and O–H groups in total. The van der Waals surface area contributed by atoms with E-state index in [-0.39, 0.29) is 5.69 Å². The number of nitro benzene ring substituents is 1. The second kappa shape index (κ2) is 5.63. The van der Waals surface area contributed by atoms with Gasteiger partial charge in [0.05, 0.1) is 11.5 Å². The fourth-order valence-corrected chi connectivity index (χ4v) is 1.91. The number of nitro groups is 1. The van der Waals surface area contributed by atoms with Gasteiger partial charge in [0, 0.05) is 29.5 Å². The van der Waals surface area contributed by atoms with Crippen LogP contribution in [-0.4, -0.2) is 21.2 Å². The molecule has 18 heavy (non-hydrogen) atoms. The topological polar surface area (TPSA) is 73.0 Å². The number of anilines is 1. The van der Waals surface area contributed by atoms with Gasteiger partial charge in [-0.05, 0) is 18.2 Å². The van der Waals surface area contributed by atoms with E-state index in [2.05, 4.69) is 26.3 Å². The maximum atomic E-state index is 10.9. The summed E-state index contributed by atoms with van der Waals surface area (Å²) in [4.78, 5) is 10.5. The summed E-state index contributed by atoms with van der Waals surface area (Å²) < 4.78 is 2.56. The third-order valence-electron chi connectivity index (χ3n) is 2.37. The Labute approximate surface area is 112 Å². The summed E-state index contributed by atoms with van der Waals surface area (Å²) in [6, 6.07) is 6.65. The monoisotopic (exact) mass is 310 g/mol. The first-order valence-corrected chi connectivity index (χ1v) is 6.11. The van der Waals surface area contributed by atoms with Gasteiger partial charge >= 0.3 is 0 Å². The Morgan fingerprint density at radius 1 is 1.50 bits per heavy atom. The fourth-order valence-electron chi connectivity index (χ4n) is 1.55. The van der Waals surface area contributed by atoms with Crippen LogP contribution in [0.25, 0.3) is 0 Å². The molecular weight excluding hydrogens is 300 g/mol. The molecule has 0 spiro atoms. The van der Waals surface area contributed by atoms with Gasteiger partial charge < -0.3 is 5.32 Å². The lowest BCUT2D eigenvalue weighted by Gasteiger charge is -2.07. The molecule has 0 aliphatic rings. The number of aromatic nitrogens is 2. The molecule has 0 radical (unpaired) electrons. The summed E-state index contributed by atoms with van der Waals surface area (Å²) in [6.07, 6.45) is 3.54. The third kappa shape index (κ3) is 3.07. The molecule has 0 amide bonds. The van der Waals surface area contributed by atoms with Crippen LogP contribution in [0.5, 0.6) is 0 Å². The third-order valence-corrected chi connectivity index (χ3v) is 2.86. The lowest BCUT2D eigenvalue weighted by atomic mass is 10.2. The molecule has 0 atom stereocenters. The molecule has 0 aliphatic carbocycles. The zero-order chi connectivity index (χ0) is 13.0. The van der Waals surface area contributed by atoms with Crippen LogP contribution in [0.15, 0.2) is 41.1 Å². The molecule has 2 rings (SSSR count). The number of halogens is 1. The lowest BCUT2D eigenvalue weighted by Crippen LogP contribution is -2.11. The molecule has 0 bridgehead atoms. The van der Waals surface area contributed by atoms with Crippen LogP contribution in [0.2, 0.25) is 0 Å². The highest BCUT2D eigenvalue weighted by atomic mass is 79.9. The van der Waals surface area contributed by atoms with Gasteiger partial charge in [-0.15, -0.1) is 0 Å². The molecule has 0 saturated carbocycles. The Kier molecular flexibility index (Phi) is 3.93. The van der Waals surface area contributed by atoms with Gasteiger partial charge in [-0.1, -0.05) is 15.9 Å². The van der Waals surface area contributed by atoms with E-state index in [1.54, 1.807) is 23.0 Å². The summed E-state index contributed by atoms with van der Waals surface area (Å²) in [5, 5.41) is 18.0. The Bertz CT molecular complexity index is 542. The van der Waals surface area contributed by atoms with Crippen molar-refractivity contribution in [3.63, 3.8) is 0 Å². The van der Waals surface area contributed by atoms with E-state index >= 15 is 0 Å². The Morgan fingerprint density at radius 2 is 2.33 bits per heavy atom. The van der Waals surface area contributed by atoms with Crippen LogP contribution >= 0.6 is 15.9 Å². The predicted octanol–water partition coefficient (Wildman–Crippen LogP) is 2.67. The molecule has 7 heteroatoms. The van der Waals surface area contributed by atoms with Crippen LogP contribution < -0.4 is 5.32 Å². The first-order chi connectivity index (χ1) is 8.66. The highest BCUT2D eigenvalue weighted by molar-refractivity contribution is 9.10. The van der Waals surface area contributed by atoms with Gasteiger partial charge in [-0.2, -0.15) is 5.10 Å². The minimum Gasteiger partial charge on any atom is -0.378 e. The highest BCUT2D eigenvalue weighted by Gasteiger charge is 2.12. The molecule has 0 aliphatic heterocycles. The van der Waals surface area contributed by atoms with Crippen molar-refractivity contribution in [1.82, 2.24) is 9.78 Å². The van der Waals surface area contributed by atoms with Gasteiger partial charge in [-0.3, -0.25) is 14.8 Å². The summed E-state index contributed by atoms with van der Waals surface area (Å²) in [5.41, 5.74) is 0.570. The molecule has 1 aromatic heterocycles. The van der Waals surface area contributed by atoms with Crippen molar-refractivity contribution in [2.45, 2.75) is 6.54 Å². The maximum Gasteiger partial charge on any atom is 0.292 e. The van der Waals surface area contributed by atoms with Gasteiger partial charge in [0.2, 0.25) is 0 Å². The predicted molar refractivity (Wildman–Crippen MR) is 71.5 cm³/mol. The Morgan fingerprint density at radius 3 is 3.00 bits per heavy atom. The average Bonchev–Trinajstić information content (AvgIpc) is 2.82.